The molecule has 0 spiro atoms. The summed E-state index contributed by atoms with van der Waals surface area (Å²) in [4.78, 5) is 29.3. The van der Waals surface area contributed by atoms with Crippen LogP contribution in [0.25, 0.3) is 0 Å². The Morgan fingerprint density at radius 2 is 1.80 bits per heavy atom. The summed E-state index contributed by atoms with van der Waals surface area (Å²) >= 11 is 5.62. The first-order chi connectivity index (χ1) is 9.56. The van der Waals surface area contributed by atoms with Crippen LogP contribution >= 0.6 is 11.6 Å². The third kappa shape index (κ3) is 3.39. The van der Waals surface area contributed by atoms with Gasteiger partial charge in [0.2, 0.25) is 5.95 Å². The molecule has 1 amide bonds. The fraction of sp³-hybridized carbons (Fsp3) is 0. The number of carbonyl (C=O) groups excluding carboxylic acids is 1. The standard InChI is InChI=1S/C11H8ClN5O3/c12-8-5-13-11(14-6-8)16-15-10(18)7-1-3-9(4-2-7)17(19)20/h1-6H,(H,15,18)(H,13,14,16). The van der Waals surface area contributed by atoms with E-state index in [0.717, 1.165) is 0 Å². The van der Waals surface area contributed by atoms with E-state index >= 15 is 0 Å². The van der Waals surface area contributed by atoms with E-state index in [2.05, 4.69) is 20.8 Å². The highest BCUT2D eigenvalue weighted by atomic mass is 35.5. The summed E-state index contributed by atoms with van der Waals surface area (Å²) in [6, 6.07) is 5.18. The summed E-state index contributed by atoms with van der Waals surface area (Å²) < 4.78 is 0. The lowest BCUT2D eigenvalue weighted by Crippen LogP contribution is -2.30. The average molecular weight is 294 g/mol. The molecule has 20 heavy (non-hydrogen) atoms. The van der Waals surface area contributed by atoms with Gasteiger partial charge in [-0.25, -0.2) is 9.97 Å². The topological polar surface area (TPSA) is 110 Å². The number of rotatable bonds is 4. The van der Waals surface area contributed by atoms with Crippen molar-refractivity contribution in [3.8, 4) is 0 Å². The van der Waals surface area contributed by atoms with Crippen LogP contribution in [0.2, 0.25) is 5.02 Å². The zero-order chi connectivity index (χ0) is 14.5. The summed E-state index contributed by atoms with van der Waals surface area (Å²) in [5.74, 6) is -0.303. The highest BCUT2D eigenvalue weighted by Gasteiger charge is 2.09. The summed E-state index contributed by atoms with van der Waals surface area (Å²) in [6.45, 7) is 0. The quantitative estimate of drug-likeness (QED) is 0.657. The minimum atomic E-state index is -0.540. The molecule has 1 heterocycles. The lowest BCUT2D eigenvalue weighted by atomic mass is 10.2. The van der Waals surface area contributed by atoms with Gasteiger partial charge in [-0.3, -0.25) is 25.8 Å². The van der Waals surface area contributed by atoms with Crippen molar-refractivity contribution in [3.05, 3.63) is 57.4 Å². The molecule has 0 aliphatic carbocycles. The number of nitro benzene ring substituents is 1. The molecule has 0 aliphatic rings. The Kier molecular flexibility index (Phi) is 4.06. The highest BCUT2D eigenvalue weighted by Crippen LogP contribution is 2.11. The Morgan fingerprint density at radius 1 is 1.20 bits per heavy atom. The molecule has 0 aliphatic heterocycles. The fourth-order valence-electron chi connectivity index (χ4n) is 1.30. The van der Waals surface area contributed by atoms with Gasteiger partial charge in [-0.2, -0.15) is 0 Å². The van der Waals surface area contributed by atoms with E-state index in [0.29, 0.717) is 5.02 Å². The van der Waals surface area contributed by atoms with Crippen LogP contribution < -0.4 is 10.9 Å². The Bertz CT molecular complexity index is 630. The SMILES string of the molecule is O=C(NNc1ncc(Cl)cn1)c1ccc([N+](=O)[O-])cc1. The largest absolute Gasteiger partial charge is 0.269 e. The average Bonchev–Trinajstić information content (AvgIpc) is 2.46. The molecule has 0 saturated carbocycles. The molecule has 2 N–H and O–H groups in total. The molecule has 0 fully saturated rings. The molecule has 2 aromatic rings. The van der Waals surface area contributed by atoms with Gasteiger partial charge in [0.15, 0.2) is 0 Å². The maximum atomic E-state index is 11.7. The predicted molar refractivity (Wildman–Crippen MR) is 71.2 cm³/mol. The summed E-state index contributed by atoms with van der Waals surface area (Å²) in [7, 11) is 0. The van der Waals surface area contributed by atoms with Gasteiger partial charge in [-0.1, -0.05) is 11.6 Å². The van der Waals surface area contributed by atoms with Crippen LogP contribution in [-0.2, 0) is 0 Å². The molecular formula is C11H8ClN5O3. The van der Waals surface area contributed by atoms with Crippen LogP contribution in [-0.4, -0.2) is 20.8 Å². The lowest BCUT2D eigenvalue weighted by Gasteiger charge is -2.06. The van der Waals surface area contributed by atoms with Crippen molar-refractivity contribution in [1.29, 1.82) is 0 Å². The van der Waals surface area contributed by atoms with Crippen LogP contribution in [0.3, 0.4) is 0 Å². The van der Waals surface area contributed by atoms with Crippen molar-refractivity contribution >= 4 is 29.1 Å². The van der Waals surface area contributed by atoms with Gasteiger partial charge in [0.1, 0.15) is 0 Å². The van der Waals surface area contributed by atoms with Crippen molar-refractivity contribution in [1.82, 2.24) is 15.4 Å². The second-order valence-electron chi connectivity index (χ2n) is 3.61. The van der Waals surface area contributed by atoms with Crippen LogP contribution in [0.1, 0.15) is 10.4 Å². The highest BCUT2D eigenvalue weighted by molar-refractivity contribution is 6.30. The molecule has 0 atom stereocenters. The number of nitro groups is 1. The van der Waals surface area contributed by atoms with Crippen LogP contribution in [0, 0.1) is 10.1 Å². The number of amides is 1. The van der Waals surface area contributed by atoms with E-state index in [1.54, 1.807) is 0 Å². The Hall–Kier alpha value is -2.74. The number of hydrazine groups is 1. The Labute approximate surface area is 117 Å². The zero-order valence-electron chi connectivity index (χ0n) is 9.91. The van der Waals surface area contributed by atoms with E-state index in [1.807, 2.05) is 0 Å². The van der Waals surface area contributed by atoms with Gasteiger partial charge < -0.3 is 0 Å². The van der Waals surface area contributed by atoms with Crippen molar-refractivity contribution in [2.24, 2.45) is 0 Å². The number of hydrogen-bond donors (Lipinski definition) is 2. The van der Waals surface area contributed by atoms with Crippen LogP contribution in [0.15, 0.2) is 36.7 Å². The molecule has 0 radical (unpaired) electrons. The fourth-order valence-corrected chi connectivity index (χ4v) is 1.39. The first kappa shape index (κ1) is 13.7. The molecule has 0 unspecified atom stereocenters. The second-order valence-corrected chi connectivity index (χ2v) is 4.04. The van der Waals surface area contributed by atoms with Gasteiger partial charge in [0.25, 0.3) is 11.6 Å². The molecule has 1 aromatic heterocycles. The molecule has 0 bridgehead atoms. The third-order valence-electron chi connectivity index (χ3n) is 2.25. The molecule has 102 valence electrons. The van der Waals surface area contributed by atoms with Crippen LogP contribution in [0.5, 0.6) is 0 Å². The predicted octanol–water partition coefficient (Wildman–Crippen LogP) is 1.80. The van der Waals surface area contributed by atoms with Gasteiger partial charge in [-0.15, -0.1) is 0 Å². The summed E-state index contributed by atoms with van der Waals surface area (Å²) in [6.07, 6.45) is 2.74. The maximum absolute atomic E-state index is 11.7. The Morgan fingerprint density at radius 3 is 2.35 bits per heavy atom. The number of benzene rings is 1. The molecule has 2 rings (SSSR count). The monoisotopic (exact) mass is 293 g/mol. The molecule has 8 nitrogen and oxygen atoms in total. The minimum absolute atomic E-state index is 0.0875. The molecular weight excluding hydrogens is 286 g/mol. The number of anilines is 1. The van der Waals surface area contributed by atoms with Gasteiger partial charge in [-0.05, 0) is 12.1 Å². The minimum Gasteiger partial charge on any atom is -0.267 e. The second kappa shape index (κ2) is 5.93. The zero-order valence-corrected chi connectivity index (χ0v) is 10.7. The normalized spacial score (nSPS) is 9.85. The number of non-ortho nitro benzene ring substituents is 1. The molecule has 0 saturated heterocycles. The van der Waals surface area contributed by atoms with Crippen molar-refractivity contribution < 1.29 is 9.72 Å². The third-order valence-corrected chi connectivity index (χ3v) is 2.44. The number of aromatic nitrogens is 2. The van der Waals surface area contributed by atoms with E-state index < -0.39 is 10.8 Å². The molecule has 1 aromatic carbocycles. The molecule has 9 heteroatoms. The van der Waals surface area contributed by atoms with Gasteiger partial charge in [0, 0.05) is 17.7 Å². The van der Waals surface area contributed by atoms with Crippen molar-refractivity contribution in [2.75, 3.05) is 5.43 Å². The van der Waals surface area contributed by atoms with Gasteiger partial charge in [0.05, 0.1) is 22.3 Å². The smallest absolute Gasteiger partial charge is 0.267 e. The number of hydrogen-bond acceptors (Lipinski definition) is 6. The van der Waals surface area contributed by atoms with E-state index in [4.69, 9.17) is 11.6 Å². The number of nitrogens with zero attached hydrogens (tertiary/aromatic N) is 3. The summed E-state index contributed by atoms with van der Waals surface area (Å²) in [5.41, 5.74) is 5.02. The van der Waals surface area contributed by atoms with E-state index in [-0.39, 0.29) is 17.2 Å². The number of halogens is 1. The van der Waals surface area contributed by atoms with Crippen molar-refractivity contribution in [3.63, 3.8) is 0 Å². The van der Waals surface area contributed by atoms with Gasteiger partial charge >= 0.3 is 0 Å². The Balaban J connectivity index is 1.97. The summed E-state index contributed by atoms with van der Waals surface area (Å²) in [5, 5.41) is 10.9. The maximum Gasteiger partial charge on any atom is 0.269 e. The lowest BCUT2D eigenvalue weighted by molar-refractivity contribution is -0.384. The van der Waals surface area contributed by atoms with Crippen LogP contribution in [0.4, 0.5) is 11.6 Å². The number of carbonyl (C=O) groups is 1. The first-order valence-electron chi connectivity index (χ1n) is 5.34. The van der Waals surface area contributed by atoms with Crippen molar-refractivity contribution in [2.45, 2.75) is 0 Å². The van der Waals surface area contributed by atoms with E-state index in [9.17, 15) is 14.9 Å². The van der Waals surface area contributed by atoms with E-state index in [1.165, 1.54) is 36.7 Å². The first-order valence-corrected chi connectivity index (χ1v) is 5.72. The number of nitrogens with one attached hydrogen (secondary N) is 2.